The largest absolute Gasteiger partial charge is 0.633 e. The summed E-state index contributed by atoms with van der Waals surface area (Å²) in [5.41, 5.74) is 5.30. The summed E-state index contributed by atoms with van der Waals surface area (Å²) in [6.07, 6.45) is 18.4. The molecule has 2 bridgehead atoms. The average molecular weight is 455 g/mol. The number of hydrogen-bond donors (Lipinski definition) is 0. The minimum absolute atomic E-state index is 0.0585. The summed E-state index contributed by atoms with van der Waals surface area (Å²) in [6, 6.07) is 9.05. The van der Waals surface area contributed by atoms with E-state index in [0.29, 0.717) is 5.92 Å². The number of ether oxygens (including phenoxy) is 1. The molecule has 4 nitrogen and oxygen atoms in total. The summed E-state index contributed by atoms with van der Waals surface area (Å²) >= 11 is 0. The number of fused-ring (bicyclic) bond motifs is 2. The van der Waals surface area contributed by atoms with Gasteiger partial charge in [-0.3, -0.25) is 4.98 Å². The Morgan fingerprint density at radius 3 is 2.85 bits per heavy atom. The molecule has 1 aromatic carbocycles. The van der Waals surface area contributed by atoms with Crippen molar-refractivity contribution in [1.82, 2.24) is 4.98 Å². The number of pyridine rings is 1. The van der Waals surface area contributed by atoms with Crippen LogP contribution in [0, 0.1) is 16.5 Å². The van der Waals surface area contributed by atoms with Crippen LogP contribution in [0.25, 0.3) is 16.3 Å². The predicted molar refractivity (Wildman–Crippen MR) is 136 cm³/mol. The van der Waals surface area contributed by atoms with E-state index in [1.54, 1.807) is 14.1 Å². The molecule has 1 saturated heterocycles. The summed E-state index contributed by atoms with van der Waals surface area (Å²) in [5, 5.41) is 15.3. The van der Waals surface area contributed by atoms with Crippen LogP contribution in [0.2, 0.25) is 0 Å². The maximum atomic E-state index is 12.9. The highest BCUT2D eigenvalue weighted by Gasteiger charge is 2.65. The molecule has 0 amide bonds. The average Bonchev–Trinajstić information content (AvgIpc) is 3.33. The number of hydroxylamine groups is 3. The van der Waals surface area contributed by atoms with Crippen LogP contribution in [0.4, 0.5) is 0 Å². The Hall–Kier alpha value is -2.27. The van der Waals surface area contributed by atoms with Crippen LogP contribution < -0.4 is 0 Å². The van der Waals surface area contributed by atoms with Crippen LogP contribution in [0.1, 0.15) is 57.4 Å². The van der Waals surface area contributed by atoms with Gasteiger partial charge in [0.15, 0.2) is 0 Å². The minimum atomic E-state index is -0.225. The monoisotopic (exact) mass is 454 g/mol. The third-order valence-corrected chi connectivity index (χ3v) is 10.1. The minimum Gasteiger partial charge on any atom is -0.633 e. The Bertz CT molecular complexity index is 1300. The lowest BCUT2D eigenvalue weighted by molar-refractivity contribution is -0.869. The SMILES string of the molecule is C[C@]12CC=C3C=C4CC[C@H]([N+](C)(C)[O-])C[C@]45CCC3(O5)[C@@H]1CC=C2c1ccc2cnccc2c1. The fourth-order valence-electron chi connectivity index (χ4n) is 8.19. The van der Waals surface area contributed by atoms with Crippen molar-refractivity contribution in [2.45, 2.75) is 69.1 Å². The zero-order valence-electron chi connectivity index (χ0n) is 20.5. The zero-order valence-corrected chi connectivity index (χ0v) is 20.5. The van der Waals surface area contributed by atoms with Crippen molar-refractivity contribution in [1.29, 1.82) is 0 Å². The van der Waals surface area contributed by atoms with E-state index >= 15 is 0 Å². The highest BCUT2D eigenvalue weighted by Crippen LogP contribution is 2.67. The number of rotatable bonds is 2. The number of nitrogens with zero attached hydrogens (tertiary/aromatic N) is 2. The van der Waals surface area contributed by atoms with Crippen LogP contribution in [0.15, 0.2) is 66.0 Å². The Kier molecular flexibility index (Phi) is 4.14. The number of benzene rings is 1. The van der Waals surface area contributed by atoms with E-state index < -0.39 is 0 Å². The van der Waals surface area contributed by atoms with Crippen LogP contribution in [-0.2, 0) is 4.74 Å². The van der Waals surface area contributed by atoms with Crippen molar-refractivity contribution >= 4 is 16.3 Å². The van der Waals surface area contributed by atoms with Gasteiger partial charge in [-0.1, -0.05) is 37.3 Å². The molecule has 3 aliphatic carbocycles. The van der Waals surface area contributed by atoms with Gasteiger partial charge in [-0.05, 0) is 71.9 Å². The highest BCUT2D eigenvalue weighted by atomic mass is 16.5. The maximum absolute atomic E-state index is 12.9. The van der Waals surface area contributed by atoms with Crippen LogP contribution in [0.5, 0.6) is 0 Å². The standard InChI is InChI=1S/C30H34N2O2/c1-28-12-10-24-17-23-6-7-25(32(2,3)33)18-29(23)13-14-30(24,34-29)27(28)9-8-26(28)21-4-5-22-19-31-15-11-20(22)16-21/h4-5,8,10-11,15-17,19,25,27H,6-7,9,12-14,18H2,1-3H3/t25-,27+,28+,29+,30?/m0/s1. The molecule has 5 atom stereocenters. The summed E-state index contributed by atoms with van der Waals surface area (Å²) in [4.78, 5) is 4.28. The van der Waals surface area contributed by atoms with Crippen molar-refractivity contribution in [3.8, 4) is 0 Å². The summed E-state index contributed by atoms with van der Waals surface area (Å²) < 4.78 is 7.10. The number of allylic oxidation sites excluding steroid dienone is 3. The molecular weight excluding hydrogens is 420 g/mol. The van der Waals surface area contributed by atoms with Crippen molar-refractivity contribution in [3.05, 3.63) is 76.8 Å². The molecule has 1 aromatic heterocycles. The van der Waals surface area contributed by atoms with Crippen molar-refractivity contribution in [3.63, 3.8) is 0 Å². The van der Waals surface area contributed by atoms with Crippen LogP contribution in [-0.4, -0.2) is 41.0 Å². The molecule has 1 saturated carbocycles. The normalized spacial score (nSPS) is 38.5. The lowest BCUT2D eigenvalue weighted by Crippen LogP contribution is -2.56. The van der Waals surface area contributed by atoms with E-state index in [9.17, 15) is 5.21 Å². The van der Waals surface area contributed by atoms with Crippen LogP contribution >= 0.6 is 0 Å². The third kappa shape index (κ3) is 2.68. The Morgan fingerprint density at radius 2 is 2.00 bits per heavy atom. The first-order valence-electron chi connectivity index (χ1n) is 12.9. The van der Waals surface area contributed by atoms with Gasteiger partial charge in [-0.25, -0.2) is 0 Å². The van der Waals surface area contributed by atoms with E-state index in [1.807, 2.05) is 12.4 Å². The molecule has 176 valence electrons. The fraction of sp³-hybridized carbons (Fsp3) is 0.500. The molecule has 1 unspecified atom stereocenters. The second-order valence-corrected chi connectivity index (χ2v) is 12.1. The molecule has 2 spiro atoms. The molecule has 0 radical (unpaired) electrons. The van der Waals surface area contributed by atoms with Crippen molar-refractivity contribution < 1.29 is 9.38 Å². The number of aromatic nitrogens is 1. The van der Waals surface area contributed by atoms with E-state index in [4.69, 9.17) is 4.74 Å². The van der Waals surface area contributed by atoms with Gasteiger partial charge in [-0.15, -0.1) is 0 Å². The van der Waals surface area contributed by atoms with Gasteiger partial charge in [0.05, 0.1) is 31.3 Å². The number of hydrogen-bond acceptors (Lipinski definition) is 3. The smallest absolute Gasteiger partial charge is 0.0980 e. The van der Waals surface area contributed by atoms with Crippen molar-refractivity contribution in [2.75, 3.05) is 14.1 Å². The summed E-state index contributed by atoms with van der Waals surface area (Å²) in [7, 11) is 3.61. The number of quaternary nitrogens is 1. The Morgan fingerprint density at radius 1 is 1.12 bits per heavy atom. The second kappa shape index (κ2) is 6.69. The summed E-state index contributed by atoms with van der Waals surface area (Å²) in [5.74, 6) is 0.440. The first-order valence-corrected chi connectivity index (χ1v) is 12.9. The lowest BCUT2D eigenvalue weighted by atomic mass is 9.58. The molecule has 3 heterocycles. The van der Waals surface area contributed by atoms with Gasteiger partial charge in [-0.2, -0.15) is 0 Å². The molecule has 0 N–H and O–H groups in total. The van der Waals surface area contributed by atoms with Gasteiger partial charge in [0.1, 0.15) is 0 Å². The third-order valence-electron chi connectivity index (χ3n) is 10.1. The topological polar surface area (TPSA) is 45.2 Å². The van der Waals surface area contributed by atoms with E-state index in [-0.39, 0.29) is 27.3 Å². The first kappa shape index (κ1) is 21.0. The van der Waals surface area contributed by atoms with Crippen LogP contribution in [0.3, 0.4) is 0 Å². The molecule has 5 aliphatic rings. The molecule has 2 aromatic rings. The quantitative estimate of drug-likeness (QED) is 0.393. The van der Waals surface area contributed by atoms with Gasteiger partial charge in [0.25, 0.3) is 0 Å². The lowest BCUT2D eigenvalue weighted by Gasteiger charge is -2.55. The van der Waals surface area contributed by atoms with Gasteiger partial charge in [0, 0.05) is 42.0 Å². The molecule has 4 heteroatoms. The summed E-state index contributed by atoms with van der Waals surface area (Å²) in [6.45, 7) is 2.46. The van der Waals surface area contributed by atoms with Crippen molar-refractivity contribution in [2.24, 2.45) is 11.3 Å². The first-order chi connectivity index (χ1) is 16.2. The van der Waals surface area contributed by atoms with Gasteiger partial charge in [0.2, 0.25) is 0 Å². The van der Waals surface area contributed by atoms with E-state index in [1.165, 1.54) is 33.1 Å². The second-order valence-electron chi connectivity index (χ2n) is 12.1. The zero-order chi connectivity index (χ0) is 23.3. The fourth-order valence-corrected chi connectivity index (χ4v) is 8.19. The predicted octanol–water partition coefficient (Wildman–Crippen LogP) is 6.33. The molecule has 34 heavy (non-hydrogen) atoms. The molecular formula is C30H34N2O2. The Labute approximate surface area is 202 Å². The van der Waals surface area contributed by atoms with Gasteiger partial charge >= 0.3 is 0 Å². The highest BCUT2D eigenvalue weighted by molar-refractivity contribution is 5.87. The molecule has 2 aliphatic heterocycles. The van der Waals surface area contributed by atoms with E-state index in [0.717, 1.165) is 44.9 Å². The maximum Gasteiger partial charge on any atom is 0.0980 e. The molecule has 7 rings (SSSR count). The van der Waals surface area contributed by atoms with Gasteiger partial charge < -0.3 is 14.6 Å². The molecule has 2 fully saturated rings. The van der Waals surface area contributed by atoms with E-state index in [2.05, 4.69) is 54.4 Å². The Balaban J connectivity index is 1.27.